The van der Waals surface area contributed by atoms with Crippen LogP contribution in [0.2, 0.25) is 0 Å². The second-order valence-electron chi connectivity index (χ2n) is 6.18. The van der Waals surface area contributed by atoms with Crippen molar-refractivity contribution in [3.05, 3.63) is 35.9 Å². The SMILES string of the molecule is CCCCCOc1cc(C)c(OCCCCC)c2ccccc12. The summed E-state index contributed by atoms with van der Waals surface area (Å²) in [6, 6.07) is 10.5. The van der Waals surface area contributed by atoms with Gasteiger partial charge in [-0.3, -0.25) is 0 Å². The summed E-state index contributed by atoms with van der Waals surface area (Å²) in [7, 11) is 0. The van der Waals surface area contributed by atoms with Gasteiger partial charge in [0, 0.05) is 10.8 Å². The van der Waals surface area contributed by atoms with Crippen LogP contribution in [0.4, 0.5) is 0 Å². The molecule has 0 heterocycles. The standard InChI is InChI=1S/C21H30O2/c1-4-6-10-14-22-20-16-17(3)21(23-15-11-7-5-2)19-13-9-8-12-18(19)20/h8-9,12-13,16H,4-7,10-11,14-15H2,1-3H3. The van der Waals surface area contributed by atoms with Gasteiger partial charge in [-0.1, -0.05) is 63.8 Å². The molecule has 0 aromatic heterocycles. The van der Waals surface area contributed by atoms with E-state index in [9.17, 15) is 0 Å². The average molecular weight is 314 g/mol. The number of fused-ring (bicyclic) bond motifs is 1. The maximum Gasteiger partial charge on any atom is 0.130 e. The van der Waals surface area contributed by atoms with Crippen LogP contribution in [0.5, 0.6) is 11.5 Å². The fourth-order valence-corrected chi connectivity index (χ4v) is 2.82. The second-order valence-corrected chi connectivity index (χ2v) is 6.18. The minimum Gasteiger partial charge on any atom is -0.493 e. The van der Waals surface area contributed by atoms with E-state index in [0.29, 0.717) is 0 Å². The Morgan fingerprint density at radius 1 is 0.783 bits per heavy atom. The van der Waals surface area contributed by atoms with Gasteiger partial charge in [-0.2, -0.15) is 0 Å². The first-order valence-electron chi connectivity index (χ1n) is 9.05. The lowest BCUT2D eigenvalue weighted by Gasteiger charge is -2.16. The van der Waals surface area contributed by atoms with Crippen LogP contribution in [0, 0.1) is 6.92 Å². The van der Waals surface area contributed by atoms with E-state index >= 15 is 0 Å². The molecule has 0 unspecified atom stereocenters. The summed E-state index contributed by atoms with van der Waals surface area (Å²) in [5.41, 5.74) is 1.16. The van der Waals surface area contributed by atoms with Crippen molar-refractivity contribution in [1.29, 1.82) is 0 Å². The molecule has 2 nitrogen and oxygen atoms in total. The van der Waals surface area contributed by atoms with Crippen molar-refractivity contribution in [1.82, 2.24) is 0 Å². The van der Waals surface area contributed by atoms with Crippen molar-refractivity contribution in [2.75, 3.05) is 13.2 Å². The van der Waals surface area contributed by atoms with Crippen LogP contribution in [0.1, 0.15) is 57.9 Å². The highest BCUT2D eigenvalue weighted by Gasteiger charge is 2.11. The summed E-state index contributed by atoms with van der Waals surface area (Å²) in [6.07, 6.45) is 7.09. The number of hydrogen-bond donors (Lipinski definition) is 0. The largest absolute Gasteiger partial charge is 0.493 e. The summed E-state index contributed by atoms with van der Waals surface area (Å²) in [5.74, 6) is 1.99. The Balaban J connectivity index is 2.19. The van der Waals surface area contributed by atoms with Crippen molar-refractivity contribution < 1.29 is 9.47 Å². The monoisotopic (exact) mass is 314 g/mol. The molecule has 23 heavy (non-hydrogen) atoms. The van der Waals surface area contributed by atoms with Crippen LogP contribution in [0.15, 0.2) is 30.3 Å². The molecule has 0 spiro atoms. The fraction of sp³-hybridized carbons (Fsp3) is 0.524. The molecular formula is C21H30O2. The number of aryl methyl sites for hydroxylation is 1. The molecule has 0 saturated carbocycles. The third kappa shape index (κ3) is 4.89. The van der Waals surface area contributed by atoms with Gasteiger partial charge in [0.1, 0.15) is 11.5 Å². The minimum atomic E-state index is 0.786. The molecule has 0 aliphatic carbocycles. The summed E-state index contributed by atoms with van der Waals surface area (Å²) >= 11 is 0. The summed E-state index contributed by atoms with van der Waals surface area (Å²) in [4.78, 5) is 0. The number of benzene rings is 2. The normalized spacial score (nSPS) is 10.9. The van der Waals surface area contributed by atoms with Crippen molar-refractivity contribution >= 4 is 10.8 Å². The van der Waals surface area contributed by atoms with Gasteiger partial charge in [0.25, 0.3) is 0 Å². The van der Waals surface area contributed by atoms with Gasteiger partial charge in [0.05, 0.1) is 13.2 Å². The lowest BCUT2D eigenvalue weighted by Crippen LogP contribution is -2.02. The molecule has 0 atom stereocenters. The van der Waals surface area contributed by atoms with E-state index in [2.05, 4.69) is 51.1 Å². The average Bonchev–Trinajstić information content (AvgIpc) is 2.57. The van der Waals surface area contributed by atoms with E-state index in [0.717, 1.165) is 53.9 Å². The zero-order valence-corrected chi connectivity index (χ0v) is 14.9. The smallest absolute Gasteiger partial charge is 0.130 e. The van der Waals surface area contributed by atoms with E-state index in [1.54, 1.807) is 0 Å². The number of hydrogen-bond acceptors (Lipinski definition) is 2. The molecule has 0 bridgehead atoms. The molecule has 0 N–H and O–H groups in total. The number of unbranched alkanes of at least 4 members (excludes halogenated alkanes) is 4. The molecular weight excluding hydrogens is 284 g/mol. The minimum absolute atomic E-state index is 0.786. The van der Waals surface area contributed by atoms with E-state index in [-0.39, 0.29) is 0 Å². The Morgan fingerprint density at radius 2 is 1.39 bits per heavy atom. The van der Waals surface area contributed by atoms with E-state index in [1.165, 1.54) is 25.7 Å². The summed E-state index contributed by atoms with van der Waals surface area (Å²) in [5, 5.41) is 2.31. The molecule has 0 amide bonds. The van der Waals surface area contributed by atoms with Gasteiger partial charge >= 0.3 is 0 Å². The third-order valence-corrected chi connectivity index (χ3v) is 4.14. The molecule has 0 saturated heterocycles. The van der Waals surface area contributed by atoms with Crippen LogP contribution >= 0.6 is 0 Å². The Hall–Kier alpha value is -1.70. The van der Waals surface area contributed by atoms with Crippen LogP contribution in [0.3, 0.4) is 0 Å². The predicted octanol–water partition coefficient (Wildman–Crippen LogP) is 6.29. The fourth-order valence-electron chi connectivity index (χ4n) is 2.82. The molecule has 0 fully saturated rings. The third-order valence-electron chi connectivity index (χ3n) is 4.14. The molecule has 126 valence electrons. The summed E-state index contributed by atoms with van der Waals surface area (Å²) < 4.78 is 12.1. The molecule has 0 aliphatic heterocycles. The topological polar surface area (TPSA) is 18.5 Å². The lowest BCUT2D eigenvalue weighted by molar-refractivity contribution is 0.301. The molecule has 2 aromatic rings. The van der Waals surface area contributed by atoms with Gasteiger partial charge < -0.3 is 9.47 Å². The van der Waals surface area contributed by atoms with E-state index in [1.807, 2.05) is 0 Å². The predicted molar refractivity (Wildman–Crippen MR) is 98.7 cm³/mol. The molecule has 2 rings (SSSR count). The molecule has 0 aliphatic rings. The number of rotatable bonds is 10. The number of ether oxygens (including phenoxy) is 2. The highest BCUT2D eigenvalue weighted by atomic mass is 16.5. The second kappa shape index (κ2) is 9.44. The van der Waals surface area contributed by atoms with Gasteiger partial charge in [-0.05, 0) is 31.4 Å². The molecule has 2 heteroatoms. The first-order valence-corrected chi connectivity index (χ1v) is 9.05. The van der Waals surface area contributed by atoms with Crippen LogP contribution < -0.4 is 9.47 Å². The maximum absolute atomic E-state index is 6.09. The lowest BCUT2D eigenvalue weighted by atomic mass is 10.0. The Morgan fingerprint density at radius 3 is 2.04 bits per heavy atom. The van der Waals surface area contributed by atoms with Crippen LogP contribution in [0.25, 0.3) is 10.8 Å². The quantitative estimate of drug-likeness (QED) is 0.480. The molecule has 2 aromatic carbocycles. The van der Waals surface area contributed by atoms with Gasteiger partial charge in [-0.25, -0.2) is 0 Å². The Bertz CT molecular complexity index is 604. The van der Waals surface area contributed by atoms with Crippen LogP contribution in [-0.2, 0) is 0 Å². The zero-order chi connectivity index (χ0) is 16.5. The van der Waals surface area contributed by atoms with Crippen LogP contribution in [-0.4, -0.2) is 13.2 Å². The first-order chi connectivity index (χ1) is 11.3. The van der Waals surface area contributed by atoms with E-state index < -0.39 is 0 Å². The van der Waals surface area contributed by atoms with Crippen molar-refractivity contribution in [3.8, 4) is 11.5 Å². The molecule has 0 radical (unpaired) electrons. The van der Waals surface area contributed by atoms with Gasteiger partial charge in [0.2, 0.25) is 0 Å². The van der Waals surface area contributed by atoms with Crippen molar-refractivity contribution in [3.63, 3.8) is 0 Å². The Labute approximate surface area is 140 Å². The zero-order valence-electron chi connectivity index (χ0n) is 14.9. The first kappa shape index (κ1) is 17.7. The maximum atomic E-state index is 6.09. The highest BCUT2D eigenvalue weighted by molar-refractivity contribution is 5.94. The van der Waals surface area contributed by atoms with Crippen molar-refractivity contribution in [2.45, 2.75) is 59.3 Å². The highest BCUT2D eigenvalue weighted by Crippen LogP contribution is 2.36. The van der Waals surface area contributed by atoms with Gasteiger partial charge in [0.15, 0.2) is 0 Å². The van der Waals surface area contributed by atoms with Gasteiger partial charge in [-0.15, -0.1) is 0 Å². The Kier molecular flexibility index (Phi) is 7.25. The van der Waals surface area contributed by atoms with E-state index in [4.69, 9.17) is 9.47 Å². The van der Waals surface area contributed by atoms with Crippen molar-refractivity contribution in [2.24, 2.45) is 0 Å². The summed E-state index contributed by atoms with van der Waals surface area (Å²) in [6.45, 7) is 8.11.